The summed E-state index contributed by atoms with van der Waals surface area (Å²) >= 11 is 3.92. The van der Waals surface area contributed by atoms with Gasteiger partial charge in [-0.1, -0.05) is 20.0 Å². The molecule has 0 fully saturated rings. The van der Waals surface area contributed by atoms with E-state index in [1.54, 1.807) is 18.5 Å². The van der Waals surface area contributed by atoms with Gasteiger partial charge in [-0.25, -0.2) is 5.69 Å². The number of hydrogen-bond acceptors (Lipinski definition) is 1. The Morgan fingerprint density at radius 2 is 2.25 bits per heavy atom. The van der Waals surface area contributed by atoms with E-state index in [0.29, 0.717) is 6.04 Å². The molecule has 1 heterocycles. The van der Waals surface area contributed by atoms with Crippen LogP contribution in [0.5, 0.6) is 0 Å². The van der Waals surface area contributed by atoms with Crippen LogP contribution in [0, 0.1) is 6.07 Å². The molecule has 0 aromatic carbocycles. The summed E-state index contributed by atoms with van der Waals surface area (Å²) in [7, 11) is 0. The first kappa shape index (κ1) is 12.2. The van der Waals surface area contributed by atoms with Gasteiger partial charge < -0.3 is 10.3 Å². The van der Waals surface area contributed by atoms with Crippen molar-refractivity contribution in [2.24, 2.45) is 0 Å². The van der Waals surface area contributed by atoms with E-state index in [1.165, 1.54) is 16.8 Å². The average Bonchev–Trinajstić information content (AvgIpc) is 2.08. The Morgan fingerprint density at radius 3 is 2.67 bits per heavy atom. The molecule has 65 valence electrons. The fourth-order valence-electron chi connectivity index (χ4n) is 0.665. The molecule has 0 atom stereocenters. The summed E-state index contributed by atoms with van der Waals surface area (Å²) in [6.45, 7) is 4.06. The molecule has 0 radical (unpaired) electrons. The molecule has 1 aromatic heterocycles. The van der Waals surface area contributed by atoms with Gasteiger partial charge in [-0.15, -0.1) is 12.2 Å². The van der Waals surface area contributed by atoms with Gasteiger partial charge in [0.25, 0.3) is 0 Å². The summed E-state index contributed by atoms with van der Waals surface area (Å²) in [6.07, 6.45) is 3.40. The third-order valence-corrected chi connectivity index (χ3v) is 0.986. The SMILES string of the molecule is CC(C)[N-]c1[c-]ccnc1.[V]=[W]. The van der Waals surface area contributed by atoms with Crippen molar-refractivity contribution in [2.75, 3.05) is 0 Å². The first-order chi connectivity index (χ1) is 5.79. The monoisotopic (exact) mass is 369 g/mol. The van der Waals surface area contributed by atoms with E-state index >= 15 is 0 Å². The molecule has 0 spiro atoms. The van der Waals surface area contributed by atoms with Crippen LogP contribution < -0.4 is 0 Å². The molecular formula is C8H10N2VW-2. The predicted molar refractivity (Wildman–Crippen MR) is 41.2 cm³/mol. The van der Waals surface area contributed by atoms with E-state index in [2.05, 4.69) is 30.4 Å². The number of aromatic nitrogens is 1. The van der Waals surface area contributed by atoms with Crippen LogP contribution >= 0.6 is 0 Å². The van der Waals surface area contributed by atoms with E-state index in [1.807, 2.05) is 13.8 Å². The van der Waals surface area contributed by atoms with Gasteiger partial charge in [0.2, 0.25) is 0 Å². The van der Waals surface area contributed by atoms with Crippen molar-refractivity contribution in [1.29, 1.82) is 0 Å². The Balaban J connectivity index is 0.000000561. The maximum atomic E-state index is 4.24. The zero-order valence-electron chi connectivity index (χ0n) is 7.06. The minimum atomic E-state index is 0.320. The van der Waals surface area contributed by atoms with Crippen molar-refractivity contribution in [1.82, 2.24) is 4.98 Å². The Kier molecular flexibility index (Phi) is 8.00. The van der Waals surface area contributed by atoms with Crippen molar-refractivity contribution in [2.45, 2.75) is 19.9 Å². The Hall–Kier alpha value is 0.223. The molecule has 0 amide bonds. The first-order valence-electron chi connectivity index (χ1n) is 3.50. The van der Waals surface area contributed by atoms with Crippen LogP contribution in [0.25, 0.3) is 5.32 Å². The van der Waals surface area contributed by atoms with Crippen molar-refractivity contribution in [3.63, 3.8) is 0 Å². The number of nitrogens with zero attached hydrogens (tertiary/aromatic N) is 2. The third-order valence-electron chi connectivity index (χ3n) is 0.986. The van der Waals surface area contributed by atoms with Crippen LogP contribution in [0.4, 0.5) is 5.69 Å². The summed E-state index contributed by atoms with van der Waals surface area (Å²) in [6, 6.07) is 5.06. The Morgan fingerprint density at radius 1 is 1.58 bits per heavy atom. The molecule has 0 aliphatic heterocycles. The molecule has 1 rings (SSSR count). The van der Waals surface area contributed by atoms with Gasteiger partial charge in [-0.2, -0.15) is 12.1 Å². The molecule has 0 saturated heterocycles. The van der Waals surface area contributed by atoms with Crippen molar-refractivity contribution in [3.8, 4) is 0 Å². The van der Waals surface area contributed by atoms with E-state index in [9.17, 15) is 0 Å². The molecule has 0 N–H and O–H groups in total. The first-order valence-corrected chi connectivity index (χ1v) is 9.48. The molecule has 1 aromatic rings. The quantitative estimate of drug-likeness (QED) is 0.736. The molecule has 0 bridgehead atoms. The second-order valence-corrected chi connectivity index (χ2v) is 2.35. The van der Waals surface area contributed by atoms with Crippen LogP contribution in [-0.2, 0) is 30.9 Å². The fraction of sp³-hybridized carbons (Fsp3) is 0.375. The predicted octanol–water partition coefficient (Wildman–Crippen LogP) is 2.29. The minimum absolute atomic E-state index is 0.320. The zero-order chi connectivity index (χ0) is 9.40. The van der Waals surface area contributed by atoms with E-state index in [-0.39, 0.29) is 0 Å². The molecule has 0 aliphatic rings. The molecule has 0 aliphatic carbocycles. The normalized spacial score (nSPS) is 8.50. The molecular weight excluding hydrogens is 359 g/mol. The zero-order valence-corrected chi connectivity index (χ0v) is 11.4. The van der Waals surface area contributed by atoms with Gasteiger partial charge in [0.05, 0.1) is 0 Å². The van der Waals surface area contributed by atoms with Gasteiger partial charge in [0, 0.05) is 0 Å². The van der Waals surface area contributed by atoms with Crippen LogP contribution in [0.1, 0.15) is 13.8 Å². The van der Waals surface area contributed by atoms with Crippen LogP contribution in [-0.4, -0.2) is 11.0 Å². The molecule has 0 saturated carbocycles. The summed E-state index contributed by atoms with van der Waals surface area (Å²) in [5.41, 5.74) is 0.831. The fourth-order valence-corrected chi connectivity index (χ4v) is 0.665. The molecule has 12 heavy (non-hydrogen) atoms. The van der Waals surface area contributed by atoms with Gasteiger partial charge in [0.1, 0.15) is 0 Å². The third kappa shape index (κ3) is 5.82. The topological polar surface area (TPSA) is 27.0 Å². The molecule has 4 heteroatoms. The second-order valence-electron chi connectivity index (χ2n) is 2.35. The summed E-state index contributed by atoms with van der Waals surface area (Å²) in [5.74, 6) is 0. The van der Waals surface area contributed by atoms with Gasteiger partial charge >= 0.3 is 30.9 Å². The summed E-state index contributed by atoms with van der Waals surface area (Å²) in [4.78, 5) is 3.91. The Labute approximate surface area is 91.0 Å². The van der Waals surface area contributed by atoms with Gasteiger partial charge in [0.15, 0.2) is 0 Å². The Bertz CT molecular complexity index is 203. The average molecular weight is 369 g/mol. The second kappa shape index (κ2) is 7.85. The maximum absolute atomic E-state index is 4.24. The summed E-state index contributed by atoms with van der Waals surface area (Å²) in [5, 5.41) is 4.24. The number of hydrogen-bond donors (Lipinski definition) is 0. The summed E-state index contributed by atoms with van der Waals surface area (Å²) < 4.78 is 0. The molecule has 2 nitrogen and oxygen atoms in total. The van der Waals surface area contributed by atoms with E-state index in [4.69, 9.17) is 0 Å². The van der Waals surface area contributed by atoms with Crippen molar-refractivity contribution in [3.05, 3.63) is 29.8 Å². The van der Waals surface area contributed by atoms with Crippen LogP contribution in [0.15, 0.2) is 18.5 Å². The van der Waals surface area contributed by atoms with Crippen molar-refractivity contribution >= 4 is 5.69 Å². The standard InChI is InChI=1S/C8H10N2.V.W/c1-7(2)10-8-4-3-5-9-6-8;;/h3,5-7H,1-2H3;;/q-2;;. The number of pyridine rings is 1. The van der Waals surface area contributed by atoms with Gasteiger partial charge in [-0.3, -0.25) is 0 Å². The van der Waals surface area contributed by atoms with Gasteiger partial charge in [-0.05, 0) is 0 Å². The van der Waals surface area contributed by atoms with E-state index < -0.39 is 0 Å². The van der Waals surface area contributed by atoms with Crippen LogP contribution in [0.3, 0.4) is 0 Å². The molecule has 0 unspecified atom stereocenters. The number of rotatable bonds is 2. The van der Waals surface area contributed by atoms with Crippen LogP contribution in [0.2, 0.25) is 0 Å². The van der Waals surface area contributed by atoms with E-state index in [0.717, 1.165) is 5.69 Å². The van der Waals surface area contributed by atoms with Crippen molar-refractivity contribution < 1.29 is 30.9 Å².